The molecule has 1 unspecified atom stereocenters. The molecule has 0 aromatic heterocycles. The Bertz CT molecular complexity index is 428. The fraction of sp³-hybridized carbons (Fsp3) is 0.889. The highest BCUT2D eigenvalue weighted by atomic mass is 16.2. The Hall–Kier alpha value is -1.10. The molecule has 5 nitrogen and oxygen atoms in total. The van der Waals surface area contributed by atoms with Crippen molar-refractivity contribution in [3.8, 4) is 0 Å². The van der Waals surface area contributed by atoms with Crippen LogP contribution >= 0.6 is 0 Å². The molecule has 0 aromatic carbocycles. The zero-order chi connectivity index (χ0) is 16.2. The first-order chi connectivity index (χ1) is 11.1. The Labute approximate surface area is 139 Å². The number of hydrogen-bond acceptors (Lipinski definition) is 3. The van der Waals surface area contributed by atoms with Crippen molar-refractivity contribution in [1.82, 2.24) is 15.1 Å². The SMILES string of the molecule is CC1CCCN(CCNC(=O)C2CCN(C(=O)C3CC3)CC2)C1. The van der Waals surface area contributed by atoms with Crippen LogP contribution in [-0.4, -0.2) is 60.9 Å². The van der Waals surface area contributed by atoms with Crippen LogP contribution < -0.4 is 5.32 Å². The molecule has 130 valence electrons. The summed E-state index contributed by atoms with van der Waals surface area (Å²) in [7, 11) is 0. The van der Waals surface area contributed by atoms with E-state index in [1.165, 1.54) is 19.4 Å². The number of nitrogens with zero attached hydrogens (tertiary/aromatic N) is 2. The molecule has 2 amide bonds. The number of likely N-dealkylation sites (tertiary alicyclic amines) is 2. The van der Waals surface area contributed by atoms with Crippen LogP contribution in [0.1, 0.15) is 45.4 Å². The van der Waals surface area contributed by atoms with Crippen molar-refractivity contribution < 1.29 is 9.59 Å². The van der Waals surface area contributed by atoms with Crippen LogP contribution in [0.3, 0.4) is 0 Å². The summed E-state index contributed by atoms with van der Waals surface area (Å²) in [6, 6.07) is 0. The second-order valence-electron chi connectivity index (χ2n) is 7.71. The minimum atomic E-state index is 0.0959. The molecular weight excluding hydrogens is 290 g/mol. The van der Waals surface area contributed by atoms with E-state index in [4.69, 9.17) is 0 Å². The first-order valence-corrected chi connectivity index (χ1v) is 9.42. The highest BCUT2D eigenvalue weighted by molar-refractivity contribution is 5.82. The number of hydrogen-bond donors (Lipinski definition) is 1. The van der Waals surface area contributed by atoms with Gasteiger partial charge < -0.3 is 15.1 Å². The Morgan fingerprint density at radius 2 is 1.74 bits per heavy atom. The molecule has 0 aromatic rings. The predicted octanol–water partition coefficient (Wildman–Crippen LogP) is 1.48. The van der Waals surface area contributed by atoms with Gasteiger partial charge in [0.25, 0.3) is 0 Å². The summed E-state index contributed by atoms with van der Waals surface area (Å²) >= 11 is 0. The van der Waals surface area contributed by atoms with Crippen molar-refractivity contribution in [1.29, 1.82) is 0 Å². The van der Waals surface area contributed by atoms with Crippen LogP contribution in [0.5, 0.6) is 0 Å². The molecule has 3 aliphatic rings. The van der Waals surface area contributed by atoms with Gasteiger partial charge in [0.15, 0.2) is 0 Å². The summed E-state index contributed by atoms with van der Waals surface area (Å²) in [4.78, 5) is 28.8. The maximum Gasteiger partial charge on any atom is 0.225 e. The number of amides is 2. The summed E-state index contributed by atoms with van der Waals surface area (Å²) in [6.07, 6.45) is 6.39. The molecule has 1 N–H and O–H groups in total. The second kappa shape index (κ2) is 7.65. The average Bonchev–Trinajstić information content (AvgIpc) is 3.39. The van der Waals surface area contributed by atoms with Crippen molar-refractivity contribution in [2.75, 3.05) is 39.3 Å². The zero-order valence-corrected chi connectivity index (χ0v) is 14.4. The maximum absolute atomic E-state index is 12.3. The van der Waals surface area contributed by atoms with E-state index in [-0.39, 0.29) is 11.8 Å². The van der Waals surface area contributed by atoms with Gasteiger partial charge >= 0.3 is 0 Å². The smallest absolute Gasteiger partial charge is 0.225 e. The van der Waals surface area contributed by atoms with Crippen LogP contribution in [0, 0.1) is 17.8 Å². The Kier molecular flexibility index (Phi) is 5.57. The van der Waals surface area contributed by atoms with Gasteiger partial charge in [-0.25, -0.2) is 0 Å². The number of carbonyl (C=O) groups is 2. The van der Waals surface area contributed by atoms with Gasteiger partial charge in [-0.2, -0.15) is 0 Å². The van der Waals surface area contributed by atoms with E-state index in [0.29, 0.717) is 11.8 Å². The van der Waals surface area contributed by atoms with E-state index in [1.54, 1.807) is 0 Å². The lowest BCUT2D eigenvalue weighted by molar-refractivity contribution is -0.136. The van der Waals surface area contributed by atoms with Crippen molar-refractivity contribution >= 4 is 11.8 Å². The van der Waals surface area contributed by atoms with Crippen LogP contribution in [0.15, 0.2) is 0 Å². The highest BCUT2D eigenvalue weighted by Gasteiger charge is 2.35. The standard InChI is InChI=1S/C18H31N3O2/c1-14-3-2-9-20(13-14)12-8-19-17(22)15-6-10-21(11-7-15)18(23)16-4-5-16/h14-16H,2-13H2,1H3,(H,19,22). The molecule has 3 rings (SSSR count). The molecular formula is C18H31N3O2. The van der Waals surface area contributed by atoms with Crippen LogP contribution in [-0.2, 0) is 9.59 Å². The average molecular weight is 321 g/mol. The van der Waals surface area contributed by atoms with Crippen molar-refractivity contribution in [2.24, 2.45) is 17.8 Å². The first kappa shape index (κ1) is 16.7. The van der Waals surface area contributed by atoms with Crippen molar-refractivity contribution in [3.63, 3.8) is 0 Å². The summed E-state index contributed by atoms with van der Waals surface area (Å²) in [6.45, 7) is 7.89. The number of nitrogens with one attached hydrogen (secondary N) is 1. The summed E-state index contributed by atoms with van der Waals surface area (Å²) < 4.78 is 0. The number of piperidine rings is 2. The van der Waals surface area contributed by atoms with E-state index in [9.17, 15) is 9.59 Å². The molecule has 0 bridgehead atoms. The maximum atomic E-state index is 12.3. The molecule has 2 aliphatic heterocycles. The van der Waals surface area contributed by atoms with Crippen LogP contribution in [0.2, 0.25) is 0 Å². The lowest BCUT2D eigenvalue weighted by atomic mass is 9.95. The van der Waals surface area contributed by atoms with E-state index in [0.717, 1.165) is 64.3 Å². The third kappa shape index (κ3) is 4.69. The number of carbonyl (C=O) groups excluding carboxylic acids is 2. The highest BCUT2D eigenvalue weighted by Crippen LogP contribution is 2.32. The van der Waals surface area contributed by atoms with E-state index < -0.39 is 0 Å². The molecule has 0 spiro atoms. The van der Waals surface area contributed by atoms with Crippen molar-refractivity contribution in [3.05, 3.63) is 0 Å². The largest absolute Gasteiger partial charge is 0.355 e. The molecule has 23 heavy (non-hydrogen) atoms. The molecule has 1 atom stereocenters. The minimum Gasteiger partial charge on any atom is -0.355 e. The third-order valence-electron chi connectivity index (χ3n) is 5.57. The minimum absolute atomic E-state index is 0.0959. The van der Waals surface area contributed by atoms with Gasteiger partial charge in [0.2, 0.25) is 11.8 Å². The van der Waals surface area contributed by atoms with Gasteiger partial charge in [0, 0.05) is 44.6 Å². The van der Waals surface area contributed by atoms with Gasteiger partial charge in [-0.3, -0.25) is 9.59 Å². The molecule has 2 heterocycles. The van der Waals surface area contributed by atoms with Gasteiger partial charge in [0.05, 0.1) is 0 Å². The summed E-state index contributed by atoms with van der Waals surface area (Å²) in [5.74, 6) is 1.69. The van der Waals surface area contributed by atoms with E-state index in [2.05, 4.69) is 17.1 Å². The zero-order valence-electron chi connectivity index (χ0n) is 14.4. The van der Waals surface area contributed by atoms with Crippen LogP contribution in [0.25, 0.3) is 0 Å². The lowest BCUT2D eigenvalue weighted by Crippen LogP contribution is -2.45. The molecule has 1 saturated carbocycles. The van der Waals surface area contributed by atoms with Gasteiger partial charge in [-0.1, -0.05) is 6.92 Å². The first-order valence-electron chi connectivity index (χ1n) is 9.42. The Balaban J connectivity index is 1.32. The number of rotatable bonds is 5. The summed E-state index contributed by atoms with van der Waals surface area (Å²) in [5.41, 5.74) is 0. The lowest BCUT2D eigenvalue weighted by Gasteiger charge is -2.32. The van der Waals surface area contributed by atoms with Crippen LogP contribution in [0.4, 0.5) is 0 Å². The molecule has 3 fully saturated rings. The van der Waals surface area contributed by atoms with Gasteiger partial charge in [0.1, 0.15) is 0 Å². The fourth-order valence-electron chi connectivity index (χ4n) is 3.92. The molecule has 1 aliphatic carbocycles. The Morgan fingerprint density at radius 1 is 1.00 bits per heavy atom. The normalized spacial score (nSPS) is 27.0. The van der Waals surface area contributed by atoms with Gasteiger partial charge in [-0.15, -0.1) is 0 Å². The fourth-order valence-corrected chi connectivity index (χ4v) is 3.92. The third-order valence-corrected chi connectivity index (χ3v) is 5.57. The van der Waals surface area contributed by atoms with E-state index in [1.807, 2.05) is 4.90 Å². The van der Waals surface area contributed by atoms with E-state index >= 15 is 0 Å². The predicted molar refractivity (Wildman–Crippen MR) is 89.9 cm³/mol. The van der Waals surface area contributed by atoms with Crippen molar-refractivity contribution in [2.45, 2.75) is 45.4 Å². The molecule has 0 radical (unpaired) electrons. The topological polar surface area (TPSA) is 52.7 Å². The monoisotopic (exact) mass is 321 g/mol. The quantitative estimate of drug-likeness (QED) is 0.834. The Morgan fingerprint density at radius 3 is 2.39 bits per heavy atom. The second-order valence-corrected chi connectivity index (χ2v) is 7.71. The summed E-state index contributed by atoms with van der Waals surface area (Å²) in [5, 5.41) is 3.11. The van der Waals surface area contributed by atoms with Gasteiger partial charge in [-0.05, 0) is 51.0 Å². The molecule has 2 saturated heterocycles. The molecule has 5 heteroatoms.